The average molecular weight is 743 g/mol. The monoisotopic (exact) mass is 742 g/mol. The largest absolute Gasteiger partial charge is 0.416 e. The van der Waals surface area contributed by atoms with Gasteiger partial charge in [-0.25, -0.2) is 15.0 Å². The molecule has 0 aliphatic carbocycles. The number of aromatic amines is 1. The summed E-state index contributed by atoms with van der Waals surface area (Å²) in [5.41, 5.74) is 2.78. The van der Waals surface area contributed by atoms with Crippen molar-refractivity contribution >= 4 is 59.5 Å². The number of carbonyl (C=O) groups excluding carboxylic acids is 3. The number of carbonyl (C=O) groups is 3. The van der Waals surface area contributed by atoms with Crippen molar-refractivity contribution in [3.8, 4) is 0 Å². The number of hydrogen-bond acceptors (Lipinski definition) is 10. The minimum absolute atomic E-state index is 0.0227. The standard InChI is InChI=1S/C27H27ClF3N9O3.C7H11NO/c1-3-20-24(37-8-10-38(11-9-37)25(42)23-22-19(6-7-33-23)34-14-35-22)26(43)40(32-2)15-39(20)13-21(41)36-18-5-4-16(12-17(18)28)27(29,30)31;1-8-6-7-2-4-9-5-3-7/h4-7,12,14H,2-3,8-11,13,15H2,1H3,(H,34,35)(H,36,41);2H,1,3-6H2. The highest BCUT2D eigenvalue weighted by Gasteiger charge is 2.37. The molecule has 1 saturated heterocycles. The number of nitrogens with one attached hydrogen (secondary N) is 2. The van der Waals surface area contributed by atoms with E-state index in [0.29, 0.717) is 55.0 Å². The molecule has 0 saturated carbocycles. The van der Waals surface area contributed by atoms with E-state index in [1.165, 1.54) is 18.1 Å². The highest BCUT2D eigenvalue weighted by molar-refractivity contribution is 6.33. The molecule has 52 heavy (non-hydrogen) atoms. The lowest BCUT2D eigenvalue weighted by Crippen LogP contribution is -2.54. The van der Waals surface area contributed by atoms with Gasteiger partial charge in [0.2, 0.25) is 5.91 Å². The van der Waals surface area contributed by atoms with Gasteiger partial charge in [-0.15, -0.1) is 0 Å². The van der Waals surface area contributed by atoms with Crippen LogP contribution >= 0.6 is 11.6 Å². The number of fused-ring (bicyclic) bond motifs is 1. The van der Waals surface area contributed by atoms with Crippen molar-refractivity contribution in [2.45, 2.75) is 25.9 Å². The minimum Gasteiger partial charge on any atom is -0.377 e. The molecular formula is C34H38ClF3N10O4. The highest BCUT2D eigenvalue weighted by atomic mass is 35.5. The molecule has 0 spiro atoms. The molecule has 1 aromatic carbocycles. The first kappa shape index (κ1) is 38.0. The number of hydrogen-bond donors (Lipinski definition) is 2. The van der Waals surface area contributed by atoms with Crippen LogP contribution < -0.4 is 5.32 Å². The van der Waals surface area contributed by atoms with Crippen molar-refractivity contribution in [2.75, 3.05) is 64.5 Å². The first-order chi connectivity index (χ1) is 24.9. The zero-order chi connectivity index (χ0) is 37.4. The van der Waals surface area contributed by atoms with E-state index in [9.17, 15) is 27.6 Å². The molecule has 2 aromatic heterocycles. The predicted molar refractivity (Wildman–Crippen MR) is 190 cm³/mol. The van der Waals surface area contributed by atoms with E-state index in [-0.39, 0.29) is 35.5 Å². The number of imidazole rings is 1. The lowest BCUT2D eigenvalue weighted by Gasteiger charge is -2.43. The molecule has 14 nitrogen and oxygen atoms in total. The Balaban J connectivity index is 0.000000507. The summed E-state index contributed by atoms with van der Waals surface area (Å²) in [7, 11) is 0. The van der Waals surface area contributed by atoms with Crippen LogP contribution in [0.15, 0.2) is 69.9 Å². The van der Waals surface area contributed by atoms with Crippen molar-refractivity contribution in [3.05, 3.63) is 76.1 Å². The van der Waals surface area contributed by atoms with Gasteiger partial charge in [0.15, 0.2) is 5.69 Å². The van der Waals surface area contributed by atoms with Crippen LogP contribution in [-0.2, 0) is 20.5 Å². The van der Waals surface area contributed by atoms with Crippen LogP contribution in [0.25, 0.3) is 11.0 Å². The van der Waals surface area contributed by atoms with Crippen molar-refractivity contribution in [1.82, 2.24) is 34.7 Å². The Bertz CT molecular complexity index is 1890. The molecule has 3 aliphatic heterocycles. The van der Waals surface area contributed by atoms with Crippen LogP contribution in [0, 0.1) is 0 Å². The number of ether oxygens (including phenoxy) is 1. The van der Waals surface area contributed by atoms with Gasteiger partial charge in [-0.3, -0.25) is 19.4 Å². The number of pyridine rings is 1. The third-order valence-corrected chi connectivity index (χ3v) is 8.92. The van der Waals surface area contributed by atoms with Crippen molar-refractivity contribution in [2.24, 2.45) is 10.1 Å². The Morgan fingerprint density at radius 1 is 1.13 bits per heavy atom. The number of hydrazone groups is 1. The third kappa shape index (κ3) is 8.77. The summed E-state index contributed by atoms with van der Waals surface area (Å²) in [5.74, 6) is -1.22. The summed E-state index contributed by atoms with van der Waals surface area (Å²) in [4.78, 5) is 60.0. The topological polar surface area (TPSA) is 152 Å². The first-order valence-corrected chi connectivity index (χ1v) is 16.8. The van der Waals surface area contributed by atoms with Gasteiger partial charge in [0.05, 0.1) is 54.4 Å². The number of halogens is 4. The van der Waals surface area contributed by atoms with Crippen LogP contribution in [0.5, 0.6) is 0 Å². The number of anilines is 1. The lowest BCUT2D eigenvalue weighted by molar-refractivity contribution is -0.137. The van der Waals surface area contributed by atoms with Crippen LogP contribution in [-0.4, -0.2) is 125 Å². The number of amides is 3. The van der Waals surface area contributed by atoms with Crippen LogP contribution in [0.4, 0.5) is 18.9 Å². The number of H-pyrrole nitrogens is 1. The number of piperazine rings is 1. The fraction of sp³-hybridized carbons (Fsp3) is 0.382. The molecule has 0 bridgehead atoms. The average Bonchev–Trinajstić information content (AvgIpc) is 3.63. The van der Waals surface area contributed by atoms with Gasteiger partial charge in [-0.2, -0.15) is 18.3 Å². The van der Waals surface area contributed by atoms with Crippen LogP contribution in [0.2, 0.25) is 5.02 Å². The van der Waals surface area contributed by atoms with Crippen molar-refractivity contribution < 1.29 is 32.3 Å². The molecule has 6 rings (SSSR count). The predicted octanol–water partition coefficient (Wildman–Crippen LogP) is 4.40. The van der Waals surface area contributed by atoms with E-state index >= 15 is 0 Å². The summed E-state index contributed by atoms with van der Waals surface area (Å²) in [5, 5.41) is 7.24. The van der Waals surface area contributed by atoms with Gasteiger partial charge in [-0.05, 0) is 49.4 Å². The SMILES string of the molecule is C=NCC1=CCOCC1.C=NN1CN(CC(=O)Nc2ccc(C(F)(F)F)cc2Cl)C(CC)=C(N2CCN(C(=O)c3nccc4[nH]cnc34)CC2)C1=O. The molecule has 2 N–H and O–H groups in total. The summed E-state index contributed by atoms with van der Waals surface area (Å²) < 4.78 is 44.1. The third-order valence-electron chi connectivity index (χ3n) is 8.60. The van der Waals surface area contributed by atoms with E-state index in [1.807, 2.05) is 11.8 Å². The molecule has 276 valence electrons. The Labute approximate surface area is 302 Å². The molecular weight excluding hydrogens is 705 g/mol. The molecule has 3 aliphatic rings. The van der Waals surface area contributed by atoms with Gasteiger partial charge < -0.3 is 29.7 Å². The number of aliphatic imine (C=N–C) groups is 1. The summed E-state index contributed by atoms with van der Waals surface area (Å²) in [6.07, 6.45) is 1.96. The number of nitrogens with zero attached hydrogens (tertiary/aromatic N) is 8. The van der Waals surface area contributed by atoms with Gasteiger partial charge in [0.1, 0.15) is 17.9 Å². The first-order valence-electron chi connectivity index (χ1n) is 16.4. The van der Waals surface area contributed by atoms with Crippen molar-refractivity contribution in [1.29, 1.82) is 0 Å². The molecule has 3 amide bonds. The number of benzene rings is 1. The quantitative estimate of drug-likeness (QED) is 0.242. The molecule has 0 unspecified atom stereocenters. The molecule has 1 fully saturated rings. The summed E-state index contributed by atoms with van der Waals surface area (Å²) >= 11 is 6.01. The fourth-order valence-corrected chi connectivity index (χ4v) is 6.21. The smallest absolute Gasteiger partial charge is 0.377 e. The fourth-order valence-electron chi connectivity index (χ4n) is 5.99. The number of alkyl halides is 3. The normalized spacial score (nSPS) is 16.7. The van der Waals surface area contributed by atoms with Gasteiger partial charge in [-0.1, -0.05) is 24.6 Å². The van der Waals surface area contributed by atoms with E-state index in [1.54, 1.807) is 15.9 Å². The maximum atomic E-state index is 13.4. The Morgan fingerprint density at radius 3 is 2.54 bits per heavy atom. The summed E-state index contributed by atoms with van der Waals surface area (Å²) in [6.45, 7) is 12.1. The number of rotatable bonds is 9. The van der Waals surface area contributed by atoms with E-state index in [2.05, 4.69) is 49.9 Å². The molecule has 5 heterocycles. The highest BCUT2D eigenvalue weighted by Crippen LogP contribution is 2.34. The molecule has 3 aromatic rings. The number of allylic oxidation sites excluding steroid dienone is 1. The summed E-state index contributed by atoms with van der Waals surface area (Å²) in [6, 6.07) is 4.39. The van der Waals surface area contributed by atoms with Gasteiger partial charge in [0.25, 0.3) is 11.8 Å². The molecule has 0 radical (unpaired) electrons. The zero-order valence-corrected chi connectivity index (χ0v) is 29.2. The second-order valence-corrected chi connectivity index (χ2v) is 12.3. The Kier molecular flexibility index (Phi) is 12.3. The minimum atomic E-state index is -4.58. The number of aromatic nitrogens is 3. The lowest BCUT2D eigenvalue weighted by atomic mass is 10.1. The second-order valence-electron chi connectivity index (χ2n) is 11.9. The maximum absolute atomic E-state index is 13.4. The Morgan fingerprint density at radius 2 is 1.90 bits per heavy atom. The zero-order valence-electron chi connectivity index (χ0n) is 28.5. The van der Waals surface area contributed by atoms with Crippen LogP contribution in [0.1, 0.15) is 35.8 Å². The molecule has 0 atom stereocenters. The van der Waals surface area contributed by atoms with Gasteiger partial charge >= 0.3 is 6.18 Å². The van der Waals surface area contributed by atoms with E-state index in [4.69, 9.17) is 16.3 Å². The maximum Gasteiger partial charge on any atom is 0.416 e. The van der Waals surface area contributed by atoms with Gasteiger partial charge in [0, 0.05) is 44.8 Å². The van der Waals surface area contributed by atoms with Crippen molar-refractivity contribution in [3.63, 3.8) is 0 Å². The Hall–Kier alpha value is -5.29. The van der Waals surface area contributed by atoms with Crippen LogP contribution in [0.3, 0.4) is 0 Å². The van der Waals surface area contributed by atoms with E-state index in [0.717, 1.165) is 49.4 Å². The second kappa shape index (κ2) is 16.8. The van der Waals surface area contributed by atoms with E-state index < -0.39 is 23.6 Å². The molecule has 18 heteroatoms.